The van der Waals surface area contributed by atoms with E-state index in [0.717, 1.165) is 0 Å². The van der Waals surface area contributed by atoms with Gasteiger partial charge in [0.1, 0.15) is 24.1 Å². The maximum absolute atomic E-state index is 13.6. The summed E-state index contributed by atoms with van der Waals surface area (Å²) in [6.07, 6.45) is -2.43. The molecule has 1 saturated heterocycles. The molecule has 1 aromatic heterocycles. The molecule has 3 N–H and O–H groups in total. The van der Waals surface area contributed by atoms with E-state index in [1.165, 1.54) is 6.07 Å². The van der Waals surface area contributed by atoms with Gasteiger partial charge in [0.15, 0.2) is 6.23 Å². The Morgan fingerprint density at radius 3 is 2.68 bits per heavy atom. The Hall–Kier alpha value is -1.47. The molecule has 1 fully saturated rings. The zero-order chi connectivity index (χ0) is 13.6. The van der Waals surface area contributed by atoms with Crippen LogP contribution in [-0.4, -0.2) is 44.8 Å². The van der Waals surface area contributed by atoms with Crippen LogP contribution in [0.15, 0.2) is 30.5 Å². The number of hydrogen-bond donors (Lipinski definition) is 3. The van der Waals surface area contributed by atoms with Gasteiger partial charge in [-0.1, -0.05) is 6.07 Å². The van der Waals surface area contributed by atoms with Gasteiger partial charge in [-0.25, -0.2) is 4.39 Å². The molecular formula is C13H14FNO4. The van der Waals surface area contributed by atoms with Gasteiger partial charge < -0.3 is 24.6 Å². The van der Waals surface area contributed by atoms with Crippen LogP contribution in [-0.2, 0) is 4.74 Å². The number of aromatic nitrogens is 1. The second kappa shape index (κ2) is 4.57. The van der Waals surface area contributed by atoms with Crippen molar-refractivity contribution in [1.29, 1.82) is 0 Å². The summed E-state index contributed by atoms with van der Waals surface area (Å²) in [4.78, 5) is 0. The van der Waals surface area contributed by atoms with Crippen LogP contribution < -0.4 is 0 Å². The molecule has 1 aliphatic rings. The van der Waals surface area contributed by atoms with E-state index >= 15 is 0 Å². The zero-order valence-electron chi connectivity index (χ0n) is 9.98. The first-order valence-electron chi connectivity index (χ1n) is 6.01. The number of nitrogens with zero attached hydrogens (tertiary/aromatic N) is 1. The van der Waals surface area contributed by atoms with E-state index in [4.69, 9.17) is 9.84 Å². The van der Waals surface area contributed by atoms with Crippen LogP contribution in [0.2, 0.25) is 0 Å². The Morgan fingerprint density at radius 1 is 1.21 bits per heavy atom. The van der Waals surface area contributed by atoms with Crippen LogP contribution in [0.1, 0.15) is 6.23 Å². The van der Waals surface area contributed by atoms with E-state index in [1.807, 2.05) is 0 Å². The fourth-order valence-electron chi connectivity index (χ4n) is 2.48. The number of rotatable bonds is 2. The number of aliphatic hydroxyl groups is 3. The number of halogens is 1. The van der Waals surface area contributed by atoms with Crippen molar-refractivity contribution < 1.29 is 24.4 Å². The third-order valence-corrected chi connectivity index (χ3v) is 3.50. The Morgan fingerprint density at radius 2 is 2.00 bits per heavy atom. The predicted octanol–water partition coefficient (Wildman–Crippen LogP) is 0.392. The highest BCUT2D eigenvalue weighted by Gasteiger charge is 2.43. The highest BCUT2D eigenvalue weighted by Crippen LogP contribution is 2.32. The molecule has 0 amide bonds. The van der Waals surface area contributed by atoms with Crippen molar-refractivity contribution in [3.8, 4) is 0 Å². The standard InChI is InChI=1S/C13H14FNO4/c14-8-2-1-3-9-7(8)4-5-15(9)13-12(18)11(17)10(6-16)19-13/h1-5,10-13,16-18H,6H2/t10-,11-,12-,13-/m1/s1. The molecule has 3 rings (SSSR count). The van der Waals surface area contributed by atoms with Crippen LogP contribution in [0, 0.1) is 5.82 Å². The van der Waals surface area contributed by atoms with Gasteiger partial charge in [-0.15, -0.1) is 0 Å². The molecule has 0 radical (unpaired) electrons. The van der Waals surface area contributed by atoms with Gasteiger partial charge in [-0.3, -0.25) is 0 Å². The Bertz CT molecular complexity index is 599. The Labute approximate surface area is 108 Å². The van der Waals surface area contributed by atoms with Gasteiger partial charge in [-0.05, 0) is 18.2 Å². The van der Waals surface area contributed by atoms with Gasteiger partial charge in [-0.2, -0.15) is 0 Å². The molecule has 1 aromatic carbocycles. The minimum absolute atomic E-state index is 0.358. The molecule has 1 aliphatic heterocycles. The number of aliphatic hydroxyl groups excluding tert-OH is 3. The minimum atomic E-state index is -1.17. The van der Waals surface area contributed by atoms with E-state index in [-0.39, 0.29) is 12.4 Å². The molecule has 0 bridgehead atoms. The lowest BCUT2D eigenvalue weighted by molar-refractivity contribution is -0.0506. The first kappa shape index (κ1) is 12.6. The van der Waals surface area contributed by atoms with Gasteiger partial charge >= 0.3 is 0 Å². The summed E-state index contributed by atoms with van der Waals surface area (Å²) in [6.45, 7) is -0.387. The third kappa shape index (κ3) is 1.84. The van der Waals surface area contributed by atoms with E-state index < -0.39 is 24.5 Å². The molecule has 0 spiro atoms. The lowest BCUT2D eigenvalue weighted by Crippen LogP contribution is -2.33. The Kier molecular flexibility index (Phi) is 3.02. The van der Waals surface area contributed by atoms with Crippen LogP contribution in [0.25, 0.3) is 10.9 Å². The minimum Gasteiger partial charge on any atom is -0.394 e. The number of hydrogen-bond acceptors (Lipinski definition) is 4. The summed E-state index contributed by atoms with van der Waals surface area (Å²) < 4.78 is 20.6. The molecule has 2 heterocycles. The molecule has 6 heteroatoms. The maximum atomic E-state index is 13.6. The summed E-state index contributed by atoms with van der Waals surface area (Å²) in [6, 6.07) is 6.20. The molecule has 4 atom stereocenters. The van der Waals surface area contributed by atoms with Crippen molar-refractivity contribution in [3.05, 3.63) is 36.3 Å². The predicted molar refractivity (Wildman–Crippen MR) is 64.9 cm³/mol. The van der Waals surface area contributed by atoms with Crippen LogP contribution in [0.3, 0.4) is 0 Å². The summed E-state index contributed by atoms with van der Waals surface area (Å²) in [5.41, 5.74) is 0.565. The van der Waals surface area contributed by atoms with Gasteiger partial charge in [0.2, 0.25) is 0 Å². The first-order valence-corrected chi connectivity index (χ1v) is 6.01. The third-order valence-electron chi connectivity index (χ3n) is 3.50. The van der Waals surface area contributed by atoms with Crippen molar-refractivity contribution in [2.45, 2.75) is 24.5 Å². The molecule has 0 unspecified atom stereocenters. The Balaban J connectivity index is 2.04. The van der Waals surface area contributed by atoms with Crippen molar-refractivity contribution in [3.63, 3.8) is 0 Å². The quantitative estimate of drug-likeness (QED) is 0.736. The fourth-order valence-corrected chi connectivity index (χ4v) is 2.48. The lowest BCUT2D eigenvalue weighted by atomic mass is 10.1. The number of ether oxygens (including phenoxy) is 1. The van der Waals surface area contributed by atoms with Crippen molar-refractivity contribution in [2.24, 2.45) is 0 Å². The lowest BCUT2D eigenvalue weighted by Gasteiger charge is -2.17. The number of fused-ring (bicyclic) bond motifs is 1. The van der Waals surface area contributed by atoms with Gasteiger partial charge in [0.25, 0.3) is 0 Å². The normalized spacial score (nSPS) is 31.2. The van der Waals surface area contributed by atoms with Crippen molar-refractivity contribution in [2.75, 3.05) is 6.61 Å². The van der Waals surface area contributed by atoms with Crippen LogP contribution in [0.5, 0.6) is 0 Å². The van der Waals surface area contributed by atoms with Crippen molar-refractivity contribution in [1.82, 2.24) is 4.57 Å². The van der Waals surface area contributed by atoms with Gasteiger partial charge in [0.05, 0.1) is 12.1 Å². The van der Waals surface area contributed by atoms with E-state index in [2.05, 4.69) is 0 Å². The smallest absolute Gasteiger partial charge is 0.163 e. The molecule has 5 nitrogen and oxygen atoms in total. The van der Waals surface area contributed by atoms with Crippen molar-refractivity contribution >= 4 is 10.9 Å². The van der Waals surface area contributed by atoms with Crippen LogP contribution in [0.4, 0.5) is 4.39 Å². The number of benzene rings is 1. The highest BCUT2D eigenvalue weighted by atomic mass is 19.1. The summed E-state index contributed by atoms with van der Waals surface area (Å²) >= 11 is 0. The molecule has 0 aliphatic carbocycles. The van der Waals surface area contributed by atoms with Crippen LogP contribution >= 0.6 is 0 Å². The average molecular weight is 267 g/mol. The molecular weight excluding hydrogens is 253 g/mol. The van der Waals surface area contributed by atoms with E-state index in [0.29, 0.717) is 10.9 Å². The topological polar surface area (TPSA) is 74.9 Å². The summed E-state index contributed by atoms with van der Waals surface area (Å²) in [7, 11) is 0. The second-order valence-electron chi connectivity index (χ2n) is 4.62. The molecule has 102 valence electrons. The largest absolute Gasteiger partial charge is 0.394 e. The zero-order valence-corrected chi connectivity index (χ0v) is 9.98. The summed E-state index contributed by atoms with van der Waals surface area (Å²) in [5, 5.41) is 29.2. The summed E-state index contributed by atoms with van der Waals surface area (Å²) in [5.74, 6) is -0.358. The maximum Gasteiger partial charge on any atom is 0.163 e. The van der Waals surface area contributed by atoms with E-state index in [9.17, 15) is 14.6 Å². The highest BCUT2D eigenvalue weighted by molar-refractivity contribution is 5.80. The molecule has 19 heavy (non-hydrogen) atoms. The monoisotopic (exact) mass is 267 g/mol. The molecule has 2 aromatic rings. The fraction of sp³-hybridized carbons (Fsp3) is 0.385. The SMILES string of the molecule is OC[C@H]1O[C@@H](n2ccc3c(F)cccc32)[C@H](O)[C@@H]1O. The van der Waals surface area contributed by atoms with Gasteiger partial charge in [0, 0.05) is 11.6 Å². The molecule has 0 saturated carbocycles. The van der Waals surface area contributed by atoms with E-state index in [1.54, 1.807) is 29.0 Å². The average Bonchev–Trinajstić information content (AvgIpc) is 2.94. The first-order chi connectivity index (χ1) is 9.13. The second-order valence-corrected chi connectivity index (χ2v) is 4.62.